The van der Waals surface area contributed by atoms with Crippen molar-refractivity contribution in [2.24, 2.45) is 0 Å². The highest BCUT2D eigenvalue weighted by Crippen LogP contribution is 2.46. The van der Waals surface area contributed by atoms with E-state index in [9.17, 15) is 0 Å². The number of thioether (sulfide) groups is 1. The summed E-state index contributed by atoms with van der Waals surface area (Å²) in [5.41, 5.74) is 1.23. The van der Waals surface area contributed by atoms with Crippen molar-refractivity contribution in [3.8, 4) is 5.75 Å². The molecule has 0 saturated heterocycles. The van der Waals surface area contributed by atoms with Gasteiger partial charge in [-0.15, -0.1) is 0 Å². The maximum Gasteiger partial charge on any atom is 0.115 e. The summed E-state index contributed by atoms with van der Waals surface area (Å²) < 4.78 is 0.525. The van der Waals surface area contributed by atoms with Crippen LogP contribution in [0.4, 0.5) is 0 Å². The number of hydrogen-bond acceptors (Lipinski definition) is 3. The van der Waals surface area contributed by atoms with E-state index in [-0.39, 0.29) is 0 Å². The molecule has 0 spiro atoms. The molecule has 82 valence electrons. The summed E-state index contributed by atoms with van der Waals surface area (Å²) in [7, 11) is 0. The number of nitrogens with one attached hydrogen (secondary N) is 1. The molecule has 1 aromatic carbocycles. The van der Waals surface area contributed by atoms with Gasteiger partial charge in [0.15, 0.2) is 0 Å². The third-order valence-corrected chi connectivity index (χ3v) is 4.37. The van der Waals surface area contributed by atoms with Crippen LogP contribution in [-0.2, 0) is 6.54 Å². The highest BCUT2D eigenvalue weighted by Gasteiger charge is 2.41. The van der Waals surface area contributed by atoms with Crippen LogP contribution in [0.1, 0.15) is 18.4 Å². The predicted molar refractivity (Wildman–Crippen MR) is 65.3 cm³/mol. The van der Waals surface area contributed by atoms with Crippen molar-refractivity contribution in [1.29, 1.82) is 0 Å². The van der Waals surface area contributed by atoms with Crippen LogP contribution in [0, 0.1) is 0 Å². The molecule has 0 atom stereocenters. The molecular weight excluding hydrogens is 206 g/mol. The molecule has 0 unspecified atom stereocenters. The first-order chi connectivity index (χ1) is 7.24. The lowest BCUT2D eigenvalue weighted by molar-refractivity contribution is 0.475. The van der Waals surface area contributed by atoms with Crippen LogP contribution in [0.15, 0.2) is 24.3 Å². The van der Waals surface area contributed by atoms with E-state index in [1.165, 1.54) is 18.4 Å². The Hall–Kier alpha value is -0.670. The van der Waals surface area contributed by atoms with E-state index in [4.69, 9.17) is 5.11 Å². The topological polar surface area (TPSA) is 32.3 Å². The van der Waals surface area contributed by atoms with E-state index in [2.05, 4.69) is 11.6 Å². The van der Waals surface area contributed by atoms with Crippen molar-refractivity contribution >= 4 is 11.8 Å². The van der Waals surface area contributed by atoms with Crippen molar-refractivity contribution in [1.82, 2.24) is 5.32 Å². The van der Waals surface area contributed by atoms with Crippen LogP contribution in [-0.4, -0.2) is 22.7 Å². The first-order valence-corrected chi connectivity index (χ1v) is 6.50. The van der Waals surface area contributed by atoms with Crippen LogP contribution < -0.4 is 5.32 Å². The Kier molecular flexibility index (Phi) is 3.22. The number of phenolic OH excluding ortho intramolecular Hbond substituents is 1. The SMILES string of the molecule is CSC1(CNCc2ccc(O)cc2)CC1. The maximum atomic E-state index is 9.14. The Bertz CT molecular complexity index is 319. The van der Waals surface area contributed by atoms with Crippen LogP contribution in [0.3, 0.4) is 0 Å². The van der Waals surface area contributed by atoms with E-state index in [1.807, 2.05) is 23.9 Å². The molecule has 0 bridgehead atoms. The van der Waals surface area contributed by atoms with Crippen molar-refractivity contribution in [2.45, 2.75) is 24.1 Å². The van der Waals surface area contributed by atoms with Gasteiger partial charge in [0.25, 0.3) is 0 Å². The van der Waals surface area contributed by atoms with E-state index in [1.54, 1.807) is 12.1 Å². The van der Waals surface area contributed by atoms with Gasteiger partial charge >= 0.3 is 0 Å². The Morgan fingerprint density at radius 2 is 2.00 bits per heavy atom. The molecule has 3 heteroatoms. The van der Waals surface area contributed by atoms with E-state index >= 15 is 0 Å². The molecular formula is C12H17NOS. The minimum atomic E-state index is 0.335. The largest absolute Gasteiger partial charge is 0.508 e. The molecule has 1 aliphatic carbocycles. The first-order valence-electron chi connectivity index (χ1n) is 5.28. The summed E-state index contributed by atoms with van der Waals surface area (Å²) in [5.74, 6) is 0.335. The lowest BCUT2D eigenvalue weighted by Gasteiger charge is -2.12. The number of aromatic hydroxyl groups is 1. The van der Waals surface area contributed by atoms with E-state index in [0.29, 0.717) is 10.5 Å². The zero-order valence-electron chi connectivity index (χ0n) is 8.99. The summed E-state index contributed by atoms with van der Waals surface area (Å²) in [4.78, 5) is 0. The molecule has 1 aliphatic rings. The van der Waals surface area contributed by atoms with E-state index in [0.717, 1.165) is 13.1 Å². The van der Waals surface area contributed by atoms with Crippen molar-refractivity contribution in [3.05, 3.63) is 29.8 Å². The molecule has 0 radical (unpaired) electrons. The fraction of sp³-hybridized carbons (Fsp3) is 0.500. The first kappa shape index (κ1) is 10.8. The van der Waals surface area contributed by atoms with Gasteiger partial charge in [-0.3, -0.25) is 0 Å². The Labute approximate surface area is 95.1 Å². The average molecular weight is 223 g/mol. The molecule has 0 amide bonds. The molecule has 0 aliphatic heterocycles. The van der Waals surface area contributed by atoms with Gasteiger partial charge in [0.05, 0.1) is 0 Å². The van der Waals surface area contributed by atoms with Crippen molar-refractivity contribution in [2.75, 3.05) is 12.8 Å². The molecule has 1 fully saturated rings. The van der Waals surface area contributed by atoms with Gasteiger partial charge in [-0.1, -0.05) is 12.1 Å². The van der Waals surface area contributed by atoms with Crippen molar-refractivity contribution in [3.63, 3.8) is 0 Å². The van der Waals surface area contributed by atoms with Gasteiger partial charge in [-0.25, -0.2) is 0 Å². The zero-order chi connectivity index (χ0) is 10.7. The van der Waals surface area contributed by atoms with Crippen molar-refractivity contribution < 1.29 is 5.11 Å². The molecule has 1 saturated carbocycles. The summed E-state index contributed by atoms with van der Waals surface area (Å²) in [6.07, 6.45) is 4.88. The second-order valence-electron chi connectivity index (χ2n) is 4.16. The second-order valence-corrected chi connectivity index (χ2v) is 5.43. The zero-order valence-corrected chi connectivity index (χ0v) is 9.81. The quantitative estimate of drug-likeness (QED) is 0.804. The summed E-state index contributed by atoms with van der Waals surface area (Å²) in [5, 5.41) is 12.6. The standard InChI is InChI=1S/C12H17NOS/c1-15-12(6-7-12)9-13-8-10-2-4-11(14)5-3-10/h2-5,13-14H,6-9H2,1H3. The summed E-state index contributed by atoms with van der Waals surface area (Å²) >= 11 is 1.97. The number of hydrogen-bond donors (Lipinski definition) is 2. The molecule has 2 nitrogen and oxygen atoms in total. The fourth-order valence-electron chi connectivity index (χ4n) is 1.64. The lowest BCUT2D eigenvalue weighted by atomic mass is 10.2. The highest BCUT2D eigenvalue weighted by atomic mass is 32.2. The second kappa shape index (κ2) is 4.45. The van der Waals surface area contributed by atoms with Crippen LogP contribution >= 0.6 is 11.8 Å². The van der Waals surface area contributed by atoms with Gasteiger partial charge in [0, 0.05) is 17.8 Å². The van der Waals surface area contributed by atoms with Gasteiger partial charge in [0.1, 0.15) is 5.75 Å². The molecule has 0 aromatic heterocycles. The third-order valence-electron chi connectivity index (χ3n) is 2.95. The van der Waals surface area contributed by atoms with Crippen LogP contribution in [0.25, 0.3) is 0 Å². The average Bonchev–Trinajstić information content (AvgIpc) is 3.02. The Morgan fingerprint density at radius 3 is 2.53 bits per heavy atom. The normalized spacial score (nSPS) is 17.7. The number of phenols is 1. The Balaban J connectivity index is 1.76. The van der Waals surface area contributed by atoms with Crippen LogP contribution in [0.5, 0.6) is 5.75 Å². The number of rotatable bonds is 5. The van der Waals surface area contributed by atoms with Gasteiger partial charge < -0.3 is 10.4 Å². The van der Waals surface area contributed by atoms with Gasteiger partial charge in [0.2, 0.25) is 0 Å². The van der Waals surface area contributed by atoms with E-state index < -0.39 is 0 Å². The minimum absolute atomic E-state index is 0.335. The fourth-order valence-corrected chi connectivity index (χ4v) is 2.40. The molecule has 1 aromatic rings. The lowest BCUT2D eigenvalue weighted by Crippen LogP contribution is -2.25. The minimum Gasteiger partial charge on any atom is -0.508 e. The van der Waals surface area contributed by atoms with Gasteiger partial charge in [-0.05, 0) is 36.8 Å². The molecule has 2 N–H and O–H groups in total. The maximum absolute atomic E-state index is 9.14. The third kappa shape index (κ3) is 2.89. The smallest absolute Gasteiger partial charge is 0.115 e. The number of benzene rings is 1. The monoisotopic (exact) mass is 223 g/mol. The van der Waals surface area contributed by atoms with Crippen LogP contribution in [0.2, 0.25) is 0 Å². The summed E-state index contributed by atoms with van der Waals surface area (Å²) in [6, 6.07) is 7.39. The molecule has 0 heterocycles. The van der Waals surface area contributed by atoms with Gasteiger partial charge in [-0.2, -0.15) is 11.8 Å². The molecule has 2 rings (SSSR count). The summed E-state index contributed by atoms with van der Waals surface area (Å²) in [6.45, 7) is 1.98. The predicted octanol–water partition coefficient (Wildman–Crippen LogP) is 2.38. The molecule has 15 heavy (non-hydrogen) atoms. The highest BCUT2D eigenvalue weighted by molar-refractivity contribution is 8.00. The Morgan fingerprint density at radius 1 is 1.33 bits per heavy atom.